The minimum Gasteiger partial charge on any atom is -0.353 e. The number of nitrogens with zero attached hydrogens (tertiary/aromatic N) is 3. The number of carbonyl (C=O) groups excluding carboxylic acids is 1. The average Bonchev–Trinajstić information content (AvgIpc) is 2.75. The van der Waals surface area contributed by atoms with Crippen LogP contribution in [0.4, 0.5) is 0 Å². The Morgan fingerprint density at radius 1 is 1.47 bits per heavy atom. The predicted octanol–water partition coefficient (Wildman–Crippen LogP) is -0.435. The molecule has 2 heterocycles. The van der Waals surface area contributed by atoms with Crippen molar-refractivity contribution in [2.75, 3.05) is 13.1 Å². The Morgan fingerprint density at radius 2 is 2.16 bits per heavy atom. The van der Waals surface area contributed by atoms with Crippen LogP contribution in [0.25, 0.3) is 0 Å². The van der Waals surface area contributed by atoms with Gasteiger partial charge in [0.1, 0.15) is 6.04 Å². The molecule has 0 aliphatic carbocycles. The van der Waals surface area contributed by atoms with E-state index < -0.39 is 16.1 Å². The summed E-state index contributed by atoms with van der Waals surface area (Å²) in [5, 5.41) is 6.69. The Hall–Kier alpha value is -1.41. The van der Waals surface area contributed by atoms with Crippen molar-refractivity contribution in [2.45, 2.75) is 24.9 Å². The second-order valence-corrected chi connectivity index (χ2v) is 6.73. The van der Waals surface area contributed by atoms with Crippen LogP contribution in [0.2, 0.25) is 0 Å². The highest BCUT2D eigenvalue weighted by molar-refractivity contribution is 7.89. The van der Waals surface area contributed by atoms with Crippen LogP contribution >= 0.6 is 0 Å². The van der Waals surface area contributed by atoms with Gasteiger partial charge in [-0.15, -0.1) is 0 Å². The second-order valence-electron chi connectivity index (χ2n) is 4.89. The van der Waals surface area contributed by atoms with Crippen molar-refractivity contribution in [2.24, 2.45) is 13.0 Å². The van der Waals surface area contributed by atoms with E-state index in [0.717, 1.165) is 0 Å². The van der Waals surface area contributed by atoms with Crippen molar-refractivity contribution < 1.29 is 13.2 Å². The molecule has 0 saturated carbocycles. The molecular weight excluding hydrogens is 268 g/mol. The molecule has 1 saturated heterocycles. The van der Waals surface area contributed by atoms with E-state index in [1.807, 2.05) is 13.8 Å². The maximum atomic E-state index is 12.6. The van der Waals surface area contributed by atoms with E-state index in [-0.39, 0.29) is 23.4 Å². The van der Waals surface area contributed by atoms with E-state index in [9.17, 15) is 13.2 Å². The molecule has 1 fully saturated rings. The van der Waals surface area contributed by atoms with Crippen molar-refractivity contribution in [3.63, 3.8) is 0 Å². The minimum atomic E-state index is -3.70. The van der Waals surface area contributed by atoms with E-state index in [2.05, 4.69) is 10.4 Å². The number of aryl methyl sites for hydroxylation is 1. The number of hydrogen-bond donors (Lipinski definition) is 1. The smallest absolute Gasteiger partial charge is 0.261 e. The molecule has 1 aromatic heterocycles. The molecule has 1 atom stereocenters. The molecule has 106 valence electrons. The molecule has 7 nitrogen and oxygen atoms in total. The van der Waals surface area contributed by atoms with Crippen LogP contribution < -0.4 is 5.32 Å². The number of amides is 1. The molecule has 0 spiro atoms. The van der Waals surface area contributed by atoms with Gasteiger partial charge in [-0.05, 0) is 12.0 Å². The highest BCUT2D eigenvalue weighted by Crippen LogP contribution is 2.23. The number of hydrogen-bond acceptors (Lipinski definition) is 4. The topological polar surface area (TPSA) is 84.3 Å². The molecule has 1 aromatic rings. The lowest BCUT2D eigenvalue weighted by atomic mass is 10.0. The normalized spacial score (nSPS) is 21.7. The van der Waals surface area contributed by atoms with Gasteiger partial charge in [0.05, 0.1) is 6.20 Å². The fourth-order valence-electron chi connectivity index (χ4n) is 2.30. The monoisotopic (exact) mass is 286 g/mol. The van der Waals surface area contributed by atoms with Crippen LogP contribution in [0.15, 0.2) is 17.3 Å². The van der Waals surface area contributed by atoms with Crippen LogP contribution in [0, 0.1) is 5.92 Å². The standard InChI is InChI=1S/C11H18N4O3S/c1-8(2)10-11(16)12-6-7-15(10)19(17,18)9-4-5-13-14(9)3/h4-5,8,10H,6-7H2,1-3H3,(H,12,16). The lowest BCUT2D eigenvalue weighted by Crippen LogP contribution is -2.59. The van der Waals surface area contributed by atoms with Crippen molar-refractivity contribution in [3.8, 4) is 0 Å². The van der Waals surface area contributed by atoms with Gasteiger partial charge in [0, 0.05) is 20.1 Å². The number of nitrogens with one attached hydrogen (secondary N) is 1. The van der Waals surface area contributed by atoms with Crippen LogP contribution in [-0.4, -0.2) is 47.5 Å². The summed E-state index contributed by atoms with van der Waals surface area (Å²) in [6.45, 7) is 4.28. The van der Waals surface area contributed by atoms with Gasteiger partial charge in [-0.2, -0.15) is 9.40 Å². The van der Waals surface area contributed by atoms with E-state index in [1.165, 1.54) is 21.3 Å². The van der Waals surface area contributed by atoms with E-state index in [0.29, 0.717) is 6.54 Å². The fourth-order valence-corrected chi connectivity index (χ4v) is 4.13. The molecule has 0 bridgehead atoms. The first kappa shape index (κ1) is 14.0. The number of piperazine rings is 1. The maximum absolute atomic E-state index is 12.6. The molecule has 0 aromatic carbocycles. The summed E-state index contributed by atoms with van der Waals surface area (Å²) >= 11 is 0. The van der Waals surface area contributed by atoms with Crippen LogP contribution in [0.1, 0.15) is 13.8 Å². The van der Waals surface area contributed by atoms with Gasteiger partial charge in [0.15, 0.2) is 5.03 Å². The summed E-state index contributed by atoms with van der Waals surface area (Å²) in [5.41, 5.74) is 0. The third-order valence-electron chi connectivity index (χ3n) is 3.19. The summed E-state index contributed by atoms with van der Waals surface area (Å²) in [6.07, 6.45) is 1.43. The summed E-state index contributed by atoms with van der Waals surface area (Å²) in [4.78, 5) is 11.9. The molecule has 8 heteroatoms. The van der Waals surface area contributed by atoms with Gasteiger partial charge in [-0.3, -0.25) is 9.48 Å². The zero-order valence-corrected chi connectivity index (χ0v) is 12.0. The van der Waals surface area contributed by atoms with Crippen LogP contribution in [0.3, 0.4) is 0 Å². The van der Waals surface area contributed by atoms with Crippen molar-refractivity contribution in [1.82, 2.24) is 19.4 Å². The Balaban J connectivity index is 2.44. The first-order chi connectivity index (χ1) is 8.85. The molecule has 19 heavy (non-hydrogen) atoms. The van der Waals surface area contributed by atoms with E-state index >= 15 is 0 Å². The molecule has 1 aliphatic rings. The molecule has 2 rings (SSSR count). The lowest BCUT2D eigenvalue weighted by Gasteiger charge is -2.35. The van der Waals surface area contributed by atoms with Crippen molar-refractivity contribution >= 4 is 15.9 Å². The number of carbonyl (C=O) groups is 1. The largest absolute Gasteiger partial charge is 0.353 e. The summed E-state index contributed by atoms with van der Waals surface area (Å²) in [5.74, 6) is -0.338. The quantitative estimate of drug-likeness (QED) is 0.817. The Morgan fingerprint density at radius 3 is 2.68 bits per heavy atom. The molecule has 1 N–H and O–H groups in total. The molecule has 1 amide bonds. The Labute approximate surface area is 112 Å². The summed E-state index contributed by atoms with van der Waals surface area (Å²) < 4.78 is 27.8. The Kier molecular flexibility index (Phi) is 3.64. The number of aromatic nitrogens is 2. The summed E-state index contributed by atoms with van der Waals surface area (Å²) in [6, 6.07) is 0.771. The third kappa shape index (κ3) is 2.37. The highest BCUT2D eigenvalue weighted by atomic mass is 32.2. The first-order valence-electron chi connectivity index (χ1n) is 6.13. The highest BCUT2D eigenvalue weighted by Gasteiger charge is 2.41. The second kappa shape index (κ2) is 4.93. The predicted molar refractivity (Wildman–Crippen MR) is 68.7 cm³/mol. The molecular formula is C11H18N4O3S. The lowest BCUT2D eigenvalue weighted by molar-refractivity contribution is -0.128. The van der Waals surface area contributed by atoms with E-state index in [1.54, 1.807) is 7.05 Å². The van der Waals surface area contributed by atoms with Gasteiger partial charge in [0.25, 0.3) is 10.0 Å². The van der Waals surface area contributed by atoms with Gasteiger partial charge in [-0.1, -0.05) is 13.8 Å². The van der Waals surface area contributed by atoms with Crippen LogP contribution in [-0.2, 0) is 21.9 Å². The van der Waals surface area contributed by atoms with E-state index in [4.69, 9.17) is 0 Å². The molecule has 1 unspecified atom stereocenters. The average molecular weight is 286 g/mol. The van der Waals surface area contributed by atoms with Crippen LogP contribution in [0.5, 0.6) is 0 Å². The zero-order chi connectivity index (χ0) is 14.2. The van der Waals surface area contributed by atoms with Crippen molar-refractivity contribution in [3.05, 3.63) is 12.3 Å². The van der Waals surface area contributed by atoms with Gasteiger partial charge in [0.2, 0.25) is 5.91 Å². The van der Waals surface area contributed by atoms with Gasteiger partial charge in [-0.25, -0.2) is 8.42 Å². The fraction of sp³-hybridized carbons (Fsp3) is 0.636. The zero-order valence-electron chi connectivity index (χ0n) is 11.2. The van der Waals surface area contributed by atoms with Crippen molar-refractivity contribution in [1.29, 1.82) is 0 Å². The van der Waals surface area contributed by atoms with Gasteiger partial charge < -0.3 is 5.32 Å². The summed E-state index contributed by atoms with van der Waals surface area (Å²) in [7, 11) is -2.13. The first-order valence-corrected chi connectivity index (χ1v) is 7.57. The Bertz CT molecular complexity index is 579. The SMILES string of the molecule is CC(C)C1C(=O)NCCN1S(=O)(=O)c1ccnn1C. The number of rotatable bonds is 3. The molecule has 1 aliphatic heterocycles. The third-order valence-corrected chi connectivity index (χ3v) is 5.15. The van der Waals surface area contributed by atoms with Gasteiger partial charge >= 0.3 is 0 Å². The maximum Gasteiger partial charge on any atom is 0.261 e. The molecule has 0 radical (unpaired) electrons. The number of sulfonamides is 1. The minimum absolute atomic E-state index is 0.0942.